The molecule has 1 fully saturated rings. The third kappa shape index (κ3) is 2.36. The Labute approximate surface area is 87.7 Å². The Hall–Kier alpha value is -1.36. The van der Waals surface area contributed by atoms with Crippen molar-refractivity contribution in [1.29, 1.82) is 0 Å². The molecule has 82 valence electrons. The molecule has 5 heteroatoms. The Morgan fingerprint density at radius 2 is 2.53 bits per heavy atom. The summed E-state index contributed by atoms with van der Waals surface area (Å²) in [5.74, 6) is -0.867. The Kier molecular flexibility index (Phi) is 2.73. The number of rotatable bonds is 3. The average Bonchev–Trinajstić information content (AvgIpc) is 2.76. The molecule has 15 heavy (non-hydrogen) atoms. The van der Waals surface area contributed by atoms with Gasteiger partial charge in [0.25, 0.3) is 0 Å². The second kappa shape index (κ2) is 4.02. The van der Waals surface area contributed by atoms with E-state index >= 15 is 0 Å². The molecule has 0 aromatic carbocycles. The van der Waals surface area contributed by atoms with Crippen molar-refractivity contribution in [3.05, 3.63) is 18.0 Å². The zero-order valence-electron chi connectivity index (χ0n) is 8.59. The fourth-order valence-corrected chi connectivity index (χ4v) is 1.80. The van der Waals surface area contributed by atoms with Gasteiger partial charge in [-0.2, -0.15) is 5.10 Å². The van der Waals surface area contributed by atoms with Crippen LogP contribution in [0.5, 0.6) is 0 Å². The van der Waals surface area contributed by atoms with Gasteiger partial charge in [0.1, 0.15) is 0 Å². The molecule has 1 aliphatic rings. The summed E-state index contributed by atoms with van der Waals surface area (Å²) in [5, 5.41) is 12.9. The molecule has 0 saturated carbocycles. The molecule has 5 nitrogen and oxygen atoms in total. The molecular formula is C10H14N2O3. The van der Waals surface area contributed by atoms with Crippen LogP contribution < -0.4 is 0 Å². The van der Waals surface area contributed by atoms with E-state index in [4.69, 9.17) is 9.84 Å². The maximum absolute atomic E-state index is 10.7. The highest BCUT2D eigenvalue weighted by molar-refractivity contribution is 5.72. The molecule has 0 amide bonds. The van der Waals surface area contributed by atoms with Gasteiger partial charge >= 0.3 is 5.97 Å². The molecule has 0 aliphatic carbocycles. The number of aliphatic carboxylic acids is 1. The molecule has 2 unspecified atom stereocenters. The monoisotopic (exact) mass is 210 g/mol. The van der Waals surface area contributed by atoms with E-state index in [1.54, 1.807) is 10.9 Å². The van der Waals surface area contributed by atoms with E-state index in [1.807, 2.05) is 13.1 Å². The van der Waals surface area contributed by atoms with Gasteiger partial charge in [0.05, 0.1) is 18.8 Å². The van der Waals surface area contributed by atoms with Gasteiger partial charge in [-0.1, -0.05) is 0 Å². The standard InChI is InChI=1S/C10H14N2O3/c1-7-4-11-12(5-7)6-8-2-3-9(15-8)10(13)14/h4-5,8-9H,2-3,6H2,1H3,(H,13,14). The molecule has 1 aliphatic heterocycles. The number of carboxylic acids is 1. The minimum absolute atomic E-state index is 0.0228. The molecule has 2 atom stereocenters. The van der Waals surface area contributed by atoms with E-state index < -0.39 is 12.1 Å². The van der Waals surface area contributed by atoms with Crippen molar-refractivity contribution < 1.29 is 14.6 Å². The van der Waals surface area contributed by atoms with Crippen LogP contribution in [0.25, 0.3) is 0 Å². The fraction of sp³-hybridized carbons (Fsp3) is 0.600. The van der Waals surface area contributed by atoms with Crippen molar-refractivity contribution in [2.45, 2.75) is 38.5 Å². The number of hydrogen-bond donors (Lipinski definition) is 1. The number of nitrogens with zero attached hydrogens (tertiary/aromatic N) is 2. The Morgan fingerprint density at radius 3 is 3.07 bits per heavy atom. The molecule has 1 saturated heterocycles. The van der Waals surface area contributed by atoms with Gasteiger partial charge in [0, 0.05) is 6.20 Å². The molecule has 1 aromatic heterocycles. The fourth-order valence-electron chi connectivity index (χ4n) is 1.80. The number of hydrogen-bond acceptors (Lipinski definition) is 3. The van der Waals surface area contributed by atoms with E-state index in [0.29, 0.717) is 13.0 Å². The van der Waals surface area contributed by atoms with E-state index in [0.717, 1.165) is 12.0 Å². The number of carbonyl (C=O) groups is 1. The predicted octanol–water partition coefficient (Wildman–Crippen LogP) is 0.824. The highest BCUT2D eigenvalue weighted by atomic mass is 16.5. The minimum atomic E-state index is -0.867. The van der Waals surface area contributed by atoms with Crippen LogP contribution in [0.2, 0.25) is 0 Å². The Bertz CT molecular complexity index is 361. The third-order valence-corrected chi connectivity index (χ3v) is 2.54. The number of carboxylic acid groups (broad SMARTS) is 1. The van der Waals surface area contributed by atoms with Crippen LogP contribution in [0.4, 0.5) is 0 Å². The summed E-state index contributed by atoms with van der Waals surface area (Å²) in [4.78, 5) is 10.7. The van der Waals surface area contributed by atoms with E-state index in [1.165, 1.54) is 0 Å². The van der Waals surface area contributed by atoms with Crippen molar-refractivity contribution in [3.63, 3.8) is 0 Å². The first-order valence-electron chi connectivity index (χ1n) is 5.02. The molecule has 0 bridgehead atoms. The van der Waals surface area contributed by atoms with Gasteiger partial charge in [-0.15, -0.1) is 0 Å². The van der Waals surface area contributed by atoms with E-state index in [2.05, 4.69) is 5.10 Å². The summed E-state index contributed by atoms with van der Waals surface area (Å²) in [7, 11) is 0. The zero-order valence-corrected chi connectivity index (χ0v) is 8.59. The predicted molar refractivity (Wildman–Crippen MR) is 52.5 cm³/mol. The van der Waals surface area contributed by atoms with Gasteiger partial charge in [0.15, 0.2) is 6.10 Å². The number of ether oxygens (including phenoxy) is 1. The second-order valence-corrected chi connectivity index (χ2v) is 3.90. The molecule has 2 heterocycles. The summed E-state index contributed by atoms with van der Waals surface area (Å²) < 4.78 is 7.17. The van der Waals surface area contributed by atoms with Crippen LogP contribution in [0.3, 0.4) is 0 Å². The van der Waals surface area contributed by atoms with Crippen molar-refractivity contribution in [2.75, 3.05) is 0 Å². The van der Waals surface area contributed by atoms with Crippen molar-refractivity contribution in [1.82, 2.24) is 9.78 Å². The lowest BCUT2D eigenvalue weighted by molar-refractivity contribution is -0.149. The lowest BCUT2D eigenvalue weighted by Crippen LogP contribution is -2.23. The maximum atomic E-state index is 10.7. The van der Waals surface area contributed by atoms with Crippen molar-refractivity contribution >= 4 is 5.97 Å². The van der Waals surface area contributed by atoms with Gasteiger partial charge in [-0.3, -0.25) is 4.68 Å². The third-order valence-electron chi connectivity index (χ3n) is 2.54. The largest absolute Gasteiger partial charge is 0.479 e. The normalized spacial score (nSPS) is 25.7. The number of aryl methyl sites for hydroxylation is 1. The van der Waals surface area contributed by atoms with Crippen LogP contribution in [0.1, 0.15) is 18.4 Å². The van der Waals surface area contributed by atoms with Crippen molar-refractivity contribution in [2.24, 2.45) is 0 Å². The average molecular weight is 210 g/mol. The first-order chi connectivity index (χ1) is 7.15. The quantitative estimate of drug-likeness (QED) is 0.802. The molecule has 0 radical (unpaired) electrons. The van der Waals surface area contributed by atoms with Crippen LogP contribution in [0, 0.1) is 6.92 Å². The van der Waals surface area contributed by atoms with Crippen molar-refractivity contribution in [3.8, 4) is 0 Å². The molecule has 1 aromatic rings. The molecule has 2 rings (SSSR count). The smallest absolute Gasteiger partial charge is 0.332 e. The molecule has 0 spiro atoms. The topological polar surface area (TPSA) is 64.4 Å². The van der Waals surface area contributed by atoms with Crippen LogP contribution >= 0.6 is 0 Å². The van der Waals surface area contributed by atoms with E-state index in [-0.39, 0.29) is 6.10 Å². The van der Waals surface area contributed by atoms with Gasteiger partial charge in [-0.05, 0) is 25.3 Å². The molecule has 1 N–H and O–H groups in total. The Balaban J connectivity index is 1.90. The summed E-state index contributed by atoms with van der Waals surface area (Å²) >= 11 is 0. The van der Waals surface area contributed by atoms with E-state index in [9.17, 15) is 4.79 Å². The number of aromatic nitrogens is 2. The van der Waals surface area contributed by atoms with Gasteiger partial charge in [-0.25, -0.2) is 4.79 Å². The zero-order chi connectivity index (χ0) is 10.8. The first kappa shape index (κ1) is 10.2. The highest BCUT2D eigenvalue weighted by Crippen LogP contribution is 2.21. The van der Waals surface area contributed by atoms with Crippen LogP contribution in [0.15, 0.2) is 12.4 Å². The van der Waals surface area contributed by atoms with Crippen LogP contribution in [-0.2, 0) is 16.1 Å². The maximum Gasteiger partial charge on any atom is 0.332 e. The van der Waals surface area contributed by atoms with Gasteiger partial charge < -0.3 is 9.84 Å². The summed E-state index contributed by atoms with van der Waals surface area (Å²) in [6, 6.07) is 0. The first-order valence-corrected chi connectivity index (χ1v) is 5.02. The minimum Gasteiger partial charge on any atom is -0.479 e. The van der Waals surface area contributed by atoms with Gasteiger partial charge in [0.2, 0.25) is 0 Å². The lowest BCUT2D eigenvalue weighted by atomic mass is 10.2. The molecular weight excluding hydrogens is 196 g/mol. The highest BCUT2D eigenvalue weighted by Gasteiger charge is 2.30. The lowest BCUT2D eigenvalue weighted by Gasteiger charge is -2.10. The van der Waals surface area contributed by atoms with Crippen LogP contribution in [-0.4, -0.2) is 33.1 Å². The summed E-state index contributed by atoms with van der Waals surface area (Å²) in [5.41, 5.74) is 1.10. The SMILES string of the molecule is Cc1cnn(CC2CCC(C(=O)O)O2)c1. The summed E-state index contributed by atoms with van der Waals surface area (Å²) in [6.07, 6.45) is 4.44. The Morgan fingerprint density at radius 1 is 1.73 bits per heavy atom. The second-order valence-electron chi connectivity index (χ2n) is 3.90. The summed E-state index contributed by atoms with van der Waals surface area (Å²) in [6.45, 7) is 2.61.